The largest absolute Gasteiger partial charge is 0.332 e. The van der Waals surface area contributed by atoms with Crippen LogP contribution >= 0.6 is 34.3 Å². The Labute approximate surface area is 181 Å². The smallest absolute Gasteiger partial charge is 0.262 e. The van der Waals surface area contributed by atoms with Crippen molar-refractivity contribution in [2.75, 3.05) is 13.6 Å². The van der Waals surface area contributed by atoms with Gasteiger partial charge in [-0.15, -0.1) is 22.7 Å². The van der Waals surface area contributed by atoms with Crippen molar-refractivity contribution in [1.29, 1.82) is 0 Å². The molecule has 0 spiro atoms. The average Bonchev–Trinajstić information content (AvgIpc) is 3.48. The second-order valence-corrected chi connectivity index (χ2v) is 8.97. The zero-order valence-corrected chi connectivity index (χ0v) is 18.0. The van der Waals surface area contributed by atoms with Crippen LogP contribution in [-0.4, -0.2) is 41.0 Å². The summed E-state index contributed by atoms with van der Waals surface area (Å²) in [6, 6.07) is 14.7. The maximum absolute atomic E-state index is 13.1. The van der Waals surface area contributed by atoms with Crippen LogP contribution < -0.4 is 0 Å². The monoisotopic (exact) mass is 443 g/mol. The van der Waals surface area contributed by atoms with E-state index in [0.29, 0.717) is 17.0 Å². The van der Waals surface area contributed by atoms with E-state index in [-0.39, 0.29) is 24.4 Å². The van der Waals surface area contributed by atoms with Gasteiger partial charge in [-0.2, -0.15) is 5.10 Å². The van der Waals surface area contributed by atoms with Crippen LogP contribution in [0.25, 0.3) is 0 Å². The van der Waals surface area contributed by atoms with E-state index in [1.54, 1.807) is 54.0 Å². The van der Waals surface area contributed by atoms with Crippen molar-refractivity contribution in [3.8, 4) is 0 Å². The molecule has 148 valence electrons. The molecule has 3 heterocycles. The Morgan fingerprint density at radius 3 is 2.59 bits per heavy atom. The molecular formula is C21H18ClN3O2S2. The minimum Gasteiger partial charge on any atom is -0.332 e. The first kappa shape index (κ1) is 19.8. The fourth-order valence-corrected chi connectivity index (χ4v) is 4.97. The number of carbonyl (C=O) groups excluding carboxylic acids is 2. The van der Waals surface area contributed by atoms with Crippen molar-refractivity contribution in [3.05, 3.63) is 79.6 Å². The first-order chi connectivity index (χ1) is 14.0. The summed E-state index contributed by atoms with van der Waals surface area (Å²) in [4.78, 5) is 29.3. The van der Waals surface area contributed by atoms with Gasteiger partial charge in [-0.3, -0.25) is 9.59 Å². The van der Waals surface area contributed by atoms with Crippen molar-refractivity contribution in [2.24, 2.45) is 5.10 Å². The number of benzene rings is 1. The van der Waals surface area contributed by atoms with Gasteiger partial charge in [0, 0.05) is 18.3 Å². The highest BCUT2D eigenvalue weighted by Gasteiger charge is 2.34. The second-order valence-electron chi connectivity index (χ2n) is 6.64. The van der Waals surface area contributed by atoms with Crippen LogP contribution in [0.4, 0.5) is 0 Å². The van der Waals surface area contributed by atoms with Crippen LogP contribution in [0.1, 0.15) is 32.6 Å². The normalized spacial score (nSPS) is 16.0. The molecular weight excluding hydrogens is 426 g/mol. The molecule has 0 radical (unpaired) electrons. The number of hydrazone groups is 1. The lowest BCUT2D eigenvalue weighted by Gasteiger charge is -2.24. The lowest BCUT2D eigenvalue weighted by molar-refractivity contribution is -0.133. The first-order valence-electron chi connectivity index (χ1n) is 9.01. The van der Waals surface area contributed by atoms with Crippen LogP contribution in [0.15, 0.2) is 64.4 Å². The van der Waals surface area contributed by atoms with Gasteiger partial charge in [0.25, 0.3) is 11.8 Å². The molecule has 0 fully saturated rings. The number of hydrogen-bond donors (Lipinski definition) is 0. The quantitative estimate of drug-likeness (QED) is 0.562. The molecule has 0 saturated carbocycles. The summed E-state index contributed by atoms with van der Waals surface area (Å²) < 4.78 is 0. The van der Waals surface area contributed by atoms with Gasteiger partial charge in [-0.25, -0.2) is 5.01 Å². The van der Waals surface area contributed by atoms with Gasteiger partial charge in [0.15, 0.2) is 0 Å². The summed E-state index contributed by atoms with van der Waals surface area (Å²) in [6.45, 7) is -0.0762. The molecule has 2 aromatic heterocycles. The summed E-state index contributed by atoms with van der Waals surface area (Å²) in [7, 11) is 1.60. The number of amides is 2. The molecule has 8 heteroatoms. The Kier molecular flexibility index (Phi) is 5.80. The third-order valence-electron chi connectivity index (χ3n) is 4.67. The molecule has 1 aliphatic rings. The highest BCUT2D eigenvalue weighted by Crippen LogP contribution is 2.36. The van der Waals surface area contributed by atoms with E-state index >= 15 is 0 Å². The third-order valence-corrected chi connectivity index (χ3v) is 6.89. The van der Waals surface area contributed by atoms with Gasteiger partial charge in [0.05, 0.1) is 27.2 Å². The summed E-state index contributed by atoms with van der Waals surface area (Å²) in [6.07, 6.45) is 0.662. The van der Waals surface area contributed by atoms with Crippen molar-refractivity contribution in [2.45, 2.75) is 12.5 Å². The summed E-state index contributed by atoms with van der Waals surface area (Å²) in [5, 5.41) is 10.5. The molecule has 0 bridgehead atoms. The lowest BCUT2D eigenvalue weighted by Crippen LogP contribution is -2.39. The van der Waals surface area contributed by atoms with Gasteiger partial charge in [-0.05, 0) is 35.0 Å². The maximum atomic E-state index is 13.1. The van der Waals surface area contributed by atoms with Crippen molar-refractivity contribution in [1.82, 2.24) is 9.91 Å². The van der Waals surface area contributed by atoms with Gasteiger partial charge in [0.1, 0.15) is 6.54 Å². The number of rotatable bonds is 5. The number of nitrogens with zero attached hydrogens (tertiary/aromatic N) is 3. The van der Waals surface area contributed by atoms with E-state index in [1.807, 2.05) is 35.0 Å². The Hall–Kier alpha value is -2.48. The van der Waals surface area contributed by atoms with E-state index in [0.717, 1.165) is 15.5 Å². The first-order valence-corrected chi connectivity index (χ1v) is 11.1. The molecule has 4 rings (SSSR count). The van der Waals surface area contributed by atoms with E-state index in [4.69, 9.17) is 11.6 Å². The van der Waals surface area contributed by atoms with E-state index < -0.39 is 0 Å². The molecule has 1 aliphatic heterocycles. The van der Waals surface area contributed by atoms with Gasteiger partial charge in [-0.1, -0.05) is 35.9 Å². The molecule has 3 aromatic rings. The van der Waals surface area contributed by atoms with Crippen molar-refractivity contribution in [3.63, 3.8) is 0 Å². The predicted octanol–water partition coefficient (Wildman–Crippen LogP) is 4.91. The third kappa shape index (κ3) is 4.12. The Bertz CT molecular complexity index is 1050. The van der Waals surface area contributed by atoms with Crippen molar-refractivity contribution < 1.29 is 9.59 Å². The van der Waals surface area contributed by atoms with Gasteiger partial charge < -0.3 is 4.90 Å². The zero-order chi connectivity index (χ0) is 20.4. The van der Waals surface area contributed by atoms with Crippen LogP contribution in [0.5, 0.6) is 0 Å². The molecule has 0 N–H and O–H groups in total. The van der Waals surface area contributed by atoms with Gasteiger partial charge >= 0.3 is 0 Å². The zero-order valence-electron chi connectivity index (χ0n) is 15.6. The number of halogens is 1. The molecule has 29 heavy (non-hydrogen) atoms. The van der Waals surface area contributed by atoms with Crippen LogP contribution in [0.3, 0.4) is 0 Å². The number of likely N-dealkylation sites (N-methyl/N-ethyl adjacent to an activating group) is 1. The summed E-state index contributed by atoms with van der Waals surface area (Å²) in [5.41, 5.74) is 1.27. The Balaban J connectivity index is 1.55. The highest BCUT2D eigenvalue weighted by molar-refractivity contribution is 7.12. The van der Waals surface area contributed by atoms with Crippen molar-refractivity contribution >= 4 is 51.8 Å². The minimum absolute atomic E-state index is 0.0762. The van der Waals surface area contributed by atoms with Crippen LogP contribution in [-0.2, 0) is 4.79 Å². The predicted molar refractivity (Wildman–Crippen MR) is 118 cm³/mol. The minimum atomic E-state index is -0.293. The number of carbonyl (C=O) groups is 2. The average molecular weight is 444 g/mol. The highest BCUT2D eigenvalue weighted by atomic mass is 35.5. The van der Waals surface area contributed by atoms with Crippen LogP contribution in [0.2, 0.25) is 5.02 Å². The molecule has 1 atom stereocenters. The topological polar surface area (TPSA) is 53.0 Å². The number of hydrogen-bond acceptors (Lipinski definition) is 5. The Morgan fingerprint density at radius 2 is 1.90 bits per heavy atom. The second kappa shape index (κ2) is 8.49. The molecule has 0 aliphatic carbocycles. The molecule has 1 aromatic carbocycles. The standard InChI is InChI=1S/C21H18ClN3O2S2/c1-24(21(27)14-6-2-3-7-15(14)22)13-20(26)25-17(19-9-5-11-29-19)12-16(23-25)18-8-4-10-28-18/h2-11,17H,12-13H2,1H3/t17-/m0/s1. The number of thiophene rings is 2. The maximum Gasteiger partial charge on any atom is 0.262 e. The van der Waals surface area contributed by atoms with E-state index in [2.05, 4.69) is 5.10 Å². The fraction of sp³-hybridized carbons (Fsp3) is 0.190. The van der Waals surface area contributed by atoms with Crippen LogP contribution in [0, 0.1) is 0 Å². The Morgan fingerprint density at radius 1 is 1.14 bits per heavy atom. The van der Waals surface area contributed by atoms with E-state index in [1.165, 1.54) is 9.91 Å². The van der Waals surface area contributed by atoms with Gasteiger partial charge in [0.2, 0.25) is 0 Å². The SMILES string of the molecule is CN(CC(=O)N1N=C(c2cccs2)C[C@H]1c1cccs1)C(=O)c1ccccc1Cl. The summed E-state index contributed by atoms with van der Waals surface area (Å²) >= 11 is 9.34. The fourth-order valence-electron chi connectivity index (χ4n) is 3.22. The summed E-state index contributed by atoms with van der Waals surface area (Å²) in [5.74, 6) is -0.517. The molecule has 0 unspecified atom stereocenters. The molecule has 5 nitrogen and oxygen atoms in total. The van der Waals surface area contributed by atoms with E-state index in [9.17, 15) is 9.59 Å². The lowest BCUT2D eigenvalue weighted by atomic mass is 10.1. The molecule has 2 amide bonds. The molecule has 0 saturated heterocycles.